The van der Waals surface area contributed by atoms with Crippen molar-refractivity contribution >= 4 is 17.3 Å². The van der Waals surface area contributed by atoms with Crippen LogP contribution in [0.5, 0.6) is 5.75 Å². The van der Waals surface area contributed by atoms with Crippen LogP contribution in [0, 0.1) is 6.92 Å². The molecule has 166 valence electrons. The van der Waals surface area contributed by atoms with Crippen molar-refractivity contribution in [1.82, 2.24) is 5.43 Å². The number of ether oxygens (including phenoxy) is 1. The normalized spacial score (nSPS) is 15.0. The maximum absolute atomic E-state index is 12.3. The highest BCUT2D eigenvalue weighted by Gasteiger charge is 2.11. The van der Waals surface area contributed by atoms with E-state index in [1.54, 1.807) is 0 Å². The summed E-state index contributed by atoms with van der Waals surface area (Å²) in [5.74, 6) is 0.822. The number of rotatable bonds is 7. The van der Waals surface area contributed by atoms with Crippen molar-refractivity contribution in [2.24, 2.45) is 5.10 Å². The van der Waals surface area contributed by atoms with Crippen molar-refractivity contribution in [2.75, 3.05) is 24.6 Å². The van der Waals surface area contributed by atoms with E-state index in [1.165, 1.54) is 31.4 Å². The largest absolute Gasteiger partial charge is 0.483 e. The molecule has 31 heavy (non-hydrogen) atoms. The molecule has 0 saturated carbocycles. The van der Waals surface area contributed by atoms with Gasteiger partial charge in [0.25, 0.3) is 5.91 Å². The highest BCUT2D eigenvalue weighted by atomic mass is 16.5. The summed E-state index contributed by atoms with van der Waals surface area (Å²) >= 11 is 0. The second-order valence-corrected chi connectivity index (χ2v) is 8.66. The molecule has 1 fully saturated rings. The standard InChI is InChI=1S/C26H35N3O2/c1-19(2)24-14-9-20(3)17-25(24)31-18-26(30)28-27-21(4)22-10-12-23(13-11-22)29-15-7-5-6-8-16-29/h9-14,17,19H,5-8,15-16,18H2,1-4H3,(H,28,30). The van der Waals surface area contributed by atoms with Gasteiger partial charge in [-0.3, -0.25) is 4.79 Å². The SMILES string of the molecule is CC(=NNC(=O)COc1cc(C)ccc1C(C)C)c1ccc(N2CCCCCC2)cc1. The minimum absolute atomic E-state index is 0.0617. The number of carbonyl (C=O) groups excluding carboxylic acids is 1. The number of amides is 1. The number of hydrazone groups is 1. The minimum atomic E-state index is -0.267. The van der Waals surface area contributed by atoms with Gasteiger partial charge in [0, 0.05) is 18.8 Å². The Morgan fingerprint density at radius 1 is 1.06 bits per heavy atom. The molecule has 1 aliphatic heterocycles. The summed E-state index contributed by atoms with van der Waals surface area (Å²) in [5.41, 5.74) is 7.85. The molecule has 0 aromatic heterocycles. The van der Waals surface area contributed by atoms with Crippen molar-refractivity contribution in [3.8, 4) is 5.75 Å². The fraction of sp³-hybridized carbons (Fsp3) is 0.462. The average molecular weight is 422 g/mol. The third kappa shape index (κ3) is 6.58. The number of carbonyl (C=O) groups is 1. The maximum Gasteiger partial charge on any atom is 0.277 e. The predicted octanol–water partition coefficient (Wildman–Crippen LogP) is 5.42. The topological polar surface area (TPSA) is 53.9 Å². The van der Waals surface area contributed by atoms with Crippen LogP contribution in [0.1, 0.15) is 69.1 Å². The number of hydrogen-bond acceptors (Lipinski definition) is 4. The lowest BCUT2D eigenvalue weighted by atomic mass is 10.0. The molecule has 2 aromatic carbocycles. The van der Waals surface area contributed by atoms with Crippen LogP contribution in [-0.4, -0.2) is 31.3 Å². The summed E-state index contributed by atoms with van der Waals surface area (Å²) < 4.78 is 5.79. The molecule has 0 atom stereocenters. The molecule has 2 aromatic rings. The Morgan fingerprint density at radius 2 is 1.74 bits per heavy atom. The first kappa shape index (κ1) is 22.9. The molecule has 0 bridgehead atoms. The molecule has 0 radical (unpaired) electrons. The highest BCUT2D eigenvalue weighted by Crippen LogP contribution is 2.27. The Labute approximate surface area is 186 Å². The third-order valence-corrected chi connectivity index (χ3v) is 5.75. The van der Waals surface area contributed by atoms with E-state index in [2.05, 4.69) is 65.7 Å². The summed E-state index contributed by atoms with van der Waals surface area (Å²) in [7, 11) is 0. The van der Waals surface area contributed by atoms with Gasteiger partial charge in [-0.1, -0.05) is 51.0 Å². The molecular formula is C26H35N3O2. The van der Waals surface area contributed by atoms with E-state index in [4.69, 9.17) is 4.74 Å². The molecular weight excluding hydrogens is 386 g/mol. The second kappa shape index (κ2) is 11.0. The molecule has 1 saturated heterocycles. The van der Waals surface area contributed by atoms with Crippen molar-refractivity contribution in [3.63, 3.8) is 0 Å². The first-order valence-corrected chi connectivity index (χ1v) is 11.4. The van der Waals surface area contributed by atoms with E-state index in [0.29, 0.717) is 5.92 Å². The van der Waals surface area contributed by atoms with Gasteiger partial charge in [0.05, 0.1) is 5.71 Å². The van der Waals surface area contributed by atoms with Gasteiger partial charge in [0.1, 0.15) is 5.75 Å². The number of benzene rings is 2. The number of aryl methyl sites for hydroxylation is 1. The molecule has 1 heterocycles. The van der Waals surface area contributed by atoms with E-state index in [9.17, 15) is 4.79 Å². The maximum atomic E-state index is 12.3. The molecule has 0 spiro atoms. The first-order chi connectivity index (χ1) is 14.9. The van der Waals surface area contributed by atoms with Crippen LogP contribution in [0.25, 0.3) is 0 Å². The van der Waals surface area contributed by atoms with Crippen LogP contribution in [-0.2, 0) is 4.79 Å². The number of anilines is 1. The lowest BCUT2D eigenvalue weighted by Gasteiger charge is -2.22. The second-order valence-electron chi connectivity index (χ2n) is 8.66. The molecule has 1 aliphatic rings. The third-order valence-electron chi connectivity index (χ3n) is 5.75. The molecule has 3 rings (SSSR count). The number of nitrogens with one attached hydrogen (secondary N) is 1. The first-order valence-electron chi connectivity index (χ1n) is 11.4. The van der Waals surface area contributed by atoms with E-state index in [0.717, 1.165) is 41.2 Å². The molecule has 1 amide bonds. The van der Waals surface area contributed by atoms with Gasteiger partial charge >= 0.3 is 0 Å². The van der Waals surface area contributed by atoms with E-state index >= 15 is 0 Å². The number of nitrogens with zero attached hydrogens (tertiary/aromatic N) is 2. The molecule has 0 unspecified atom stereocenters. The lowest BCUT2D eigenvalue weighted by molar-refractivity contribution is -0.123. The highest BCUT2D eigenvalue weighted by molar-refractivity contribution is 5.99. The van der Waals surface area contributed by atoms with E-state index < -0.39 is 0 Å². The molecule has 5 nitrogen and oxygen atoms in total. The summed E-state index contributed by atoms with van der Waals surface area (Å²) in [6.45, 7) is 10.3. The Hall–Kier alpha value is -2.82. The summed E-state index contributed by atoms with van der Waals surface area (Å²) in [5, 5.41) is 4.26. The van der Waals surface area contributed by atoms with Gasteiger partial charge in [-0.2, -0.15) is 5.10 Å². The Morgan fingerprint density at radius 3 is 2.39 bits per heavy atom. The van der Waals surface area contributed by atoms with Crippen LogP contribution in [0.3, 0.4) is 0 Å². The summed E-state index contributed by atoms with van der Waals surface area (Å²) in [6, 6.07) is 14.5. The van der Waals surface area contributed by atoms with Crippen molar-refractivity contribution < 1.29 is 9.53 Å². The Balaban J connectivity index is 1.55. The van der Waals surface area contributed by atoms with E-state index in [-0.39, 0.29) is 12.5 Å². The zero-order chi connectivity index (χ0) is 22.2. The quantitative estimate of drug-likeness (QED) is 0.480. The Bertz CT molecular complexity index is 895. The summed E-state index contributed by atoms with van der Waals surface area (Å²) in [6.07, 6.45) is 5.17. The summed E-state index contributed by atoms with van der Waals surface area (Å²) in [4.78, 5) is 14.7. The molecule has 0 aliphatic carbocycles. The smallest absolute Gasteiger partial charge is 0.277 e. The monoisotopic (exact) mass is 421 g/mol. The number of hydrogen-bond donors (Lipinski definition) is 1. The fourth-order valence-corrected chi connectivity index (χ4v) is 3.87. The van der Waals surface area contributed by atoms with Crippen molar-refractivity contribution in [1.29, 1.82) is 0 Å². The van der Waals surface area contributed by atoms with Crippen molar-refractivity contribution in [2.45, 2.75) is 59.3 Å². The zero-order valence-electron chi connectivity index (χ0n) is 19.3. The fourth-order valence-electron chi connectivity index (χ4n) is 3.87. The minimum Gasteiger partial charge on any atom is -0.483 e. The van der Waals surface area contributed by atoms with Crippen LogP contribution >= 0.6 is 0 Å². The van der Waals surface area contributed by atoms with Gasteiger partial charge in [-0.05, 0) is 67.5 Å². The van der Waals surface area contributed by atoms with Crippen molar-refractivity contribution in [3.05, 3.63) is 59.2 Å². The van der Waals surface area contributed by atoms with Gasteiger partial charge in [-0.25, -0.2) is 5.43 Å². The predicted molar refractivity (Wildman–Crippen MR) is 128 cm³/mol. The molecule has 1 N–H and O–H groups in total. The zero-order valence-corrected chi connectivity index (χ0v) is 19.3. The van der Waals surface area contributed by atoms with Gasteiger partial charge in [0.2, 0.25) is 0 Å². The van der Waals surface area contributed by atoms with Gasteiger partial charge < -0.3 is 9.64 Å². The average Bonchev–Trinajstić information content (AvgIpc) is 3.05. The van der Waals surface area contributed by atoms with Crippen LogP contribution in [0.4, 0.5) is 5.69 Å². The van der Waals surface area contributed by atoms with Gasteiger partial charge in [-0.15, -0.1) is 0 Å². The van der Waals surface area contributed by atoms with Crippen LogP contribution in [0.15, 0.2) is 47.6 Å². The molecule has 5 heteroatoms. The Kier molecular flexibility index (Phi) is 8.10. The van der Waals surface area contributed by atoms with E-state index in [1.807, 2.05) is 19.9 Å². The van der Waals surface area contributed by atoms with Crippen LogP contribution < -0.4 is 15.1 Å². The lowest BCUT2D eigenvalue weighted by Crippen LogP contribution is -2.26. The van der Waals surface area contributed by atoms with Gasteiger partial charge in [0.15, 0.2) is 6.61 Å². The van der Waals surface area contributed by atoms with Crippen LogP contribution in [0.2, 0.25) is 0 Å².